The lowest BCUT2D eigenvalue weighted by molar-refractivity contribution is -0.174. The van der Waals surface area contributed by atoms with Gasteiger partial charge in [-0.1, -0.05) is 20.3 Å². The Balaban J connectivity index is 1.75. The molecule has 0 radical (unpaired) electrons. The van der Waals surface area contributed by atoms with Crippen LogP contribution in [0.3, 0.4) is 0 Å². The van der Waals surface area contributed by atoms with Crippen LogP contribution in [0.15, 0.2) is 0 Å². The van der Waals surface area contributed by atoms with Crippen molar-refractivity contribution < 1.29 is 14.7 Å². The lowest BCUT2D eigenvalue weighted by atomic mass is 9.44. The van der Waals surface area contributed by atoms with Gasteiger partial charge in [-0.05, 0) is 49.9 Å². The van der Waals surface area contributed by atoms with Gasteiger partial charge in [-0.3, -0.25) is 9.59 Å². The van der Waals surface area contributed by atoms with Gasteiger partial charge in [0.15, 0.2) is 0 Å². The number of carbonyl (C=O) groups is 2. The summed E-state index contributed by atoms with van der Waals surface area (Å²) in [6.45, 7) is 4.34. The highest BCUT2D eigenvalue weighted by Crippen LogP contribution is 2.64. The van der Waals surface area contributed by atoms with E-state index in [2.05, 4.69) is 13.8 Å². The number of fused-ring (bicyclic) bond motifs is 5. The maximum Gasteiger partial charge on any atom is 0.139 e. The Morgan fingerprint density at radius 3 is 2.59 bits per heavy atom. The average molecular weight is 304 g/mol. The molecule has 4 aliphatic rings. The molecule has 0 heterocycles. The SMILES string of the molecule is C[C@]12C(O)CCCC1CC(=O)[C@@H]1[C@@H]2CC[C@]2(C)C(=O)CC[C@@H]12. The summed E-state index contributed by atoms with van der Waals surface area (Å²) in [5, 5.41) is 10.8. The number of carbonyl (C=O) groups excluding carboxylic acids is 2. The highest BCUT2D eigenvalue weighted by Gasteiger charge is 2.64. The molecule has 4 saturated carbocycles. The van der Waals surface area contributed by atoms with E-state index in [0.29, 0.717) is 30.3 Å². The zero-order valence-corrected chi connectivity index (χ0v) is 13.8. The zero-order valence-electron chi connectivity index (χ0n) is 13.8. The Labute approximate surface area is 132 Å². The summed E-state index contributed by atoms with van der Waals surface area (Å²) >= 11 is 0. The second kappa shape index (κ2) is 4.66. The second-order valence-electron chi connectivity index (χ2n) is 8.84. The quantitative estimate of drug-likeness (QED) is 0.748. The van der Waals surface area contributed by atoms with Gasteiger partial charge in [-0.2, -0.15) is 0 Å². The van der Waals surface area contributed by atoms with Crippen molar-refractivity contribution in [2.75, 3.05) is 0 Å². The van der Waals surface area contributed by atoms with Crippen molar-refractivity contribution in [3.63, 3.8) is 0 Å². The van der Waals surface area contributed by atoms with Crippen molar-refractivity contribution in [1.82, 2.24) is 0 Å². The first-order valence-electron chi connectivity index (χ1n) is 9.13. The van der Waals surface area contributed by atoms with E-state index >= 15 is 0 Å². The molecule has 122 valence electrons. The molecule has 4 rings (SSSR count). The van der Waals surface area contributed by atoms with Crippen LogP contribution < -0.4 is 0 Å². The fraction of sp³-hybridized carbons (Fsp3) is 0.895. The number of hydrogen-bond donors (Lipinski definition) is 1. The minimum atomic E-state index is -0.270. The van der Waals surface area contributed by atoms with Crippen LogP contribution in [-0.4, -0.2) is 22.8 Å². The van der Waals surface area contributed by atoms with Crippen LogP contribution in [0, 0.1) is 34.5 Å². The van der Waals surface area contributed by atoms with Gasteiger partial charge in [-0.15, -0.1) is 0 Å². The first-order chi connectivity index (χ1) is 10.4. The van der Waals surface area contributed by atoms with Gasteiger partial charge in [0.2, 0.25) is 0 Å². The number of Topliss-reactive ketones (excluding diaryl/α,β-unsaturated/α-hetero) is 2. The monoisotopic (exact) mass is 304 g/mol. The van der Waals surface area contributed by atoms with Crippen molar-refractivity contribution in [3.05, 3.63) is 0 Å². The minimum Gasteiger partial charge on any atom is -0.393 e. The third-order valence-electron chi connectivity index (χ3n) is 8.23. The molecule has 0 bridgehead atoms. The molecule has 22 heavy (non-hydrogen) atoms. The van der Waals surface area contributed by atoms with Crippen LogP contribution in [0.5, 0.6) is 0 Å². The molecular formula is C19H28O3. The van der Waals surface area contributed by atoms with Gasteiger partial charge in [0, 0.05) is 29.6 Å². The van der Waals surface area contributed by atoms with E-state index in [-0.39, 0.29) is 34.7 Å². The zero-order chi connectivity index (χ0) is 15.7. The molecule has 0 spiro atoms. The standard InChI is InChI=1S/C19H28O3/c1-18-9-8-13-17(12(18)6-7-15(18)21)14(20)10-11-4-3-5-16(22)19(11,13)2/h11-13,16-17,22H,3-10H2,1-2H3/t11?,12-,13-,16?,17-,18-,19-/m0/s1. The maximum absolute atomic E-state index is 12.9. The van der Waals surface area contributed by atoms with Crippen molar-refractivity contribution in [3.8, 4) is 0 Å². The summed E-state index contributed by atoms with van der Waals surface area (Å²) in [6, 6.07) is 0. The van der Waals surface area contributed by atoms with Gasteiger partial charge in [-0.25, -0.2) is 0 Å². The highest BCUT2D eigenvalue weighted by molar-refractivity contribution is 5.90. The Bertz CT molecular complexity index is 527. The van der Waals surface area contributed by atoms with Crippen LogP contribution in [0.1, 0.15) is 65.2 Å². The summed E-state index contributed by atoms with van der Waals surface area (Å²) in [6.07, 6.45) is 6.78. The molecule has 4 fully saturated rings. The topological polar surface area (TPSA) is 54.4 Å². The van der Waals surface area contributed by atoms with Gasteiger partial charge in [0.05, 0.1) is 6.10 Å². The highest BCUT2D eigenvalue weighted by atomic mass is 16.3. The number of aliphatic hydroxyl groups is 1. The van der Waals surface area contributed by atoms with Crippen LogP contribution in [0.2, 0.25) is 0 Å². The molecule has 2 unspecified atom stereocenters. The molecule has 0 amide bonds. The Morgan fingerprint density at radius 1 is 1.05 bits per heavy atom. The Kier molecular flexibility index (Phi) is 3.15. The summed E-state index contributed by atoms with van der Waals surface area (Å²) in [5.41, 5.74) is -0.372. The van der Waals surface area contributed by atoms with Crippen LogP contribution >= 0.6 is 0 Å². The number of hydrogen-bond acceptors (Lipinski definition) is 3. The van der Waals surface area contributed by atoms with Crippen LogP contribution in [-0.2, 0) is 9.59 Å². The van der Waals surface area contributed by atoms with Gasteiger partial charge in [0.1, 0.15) is 11.6 Å². The lowest BCUT2D eigenvalue weighted by Gasteiger charge is -2.60. The smallest absolute Gasteiger partial charge is 0.139 e. The molecule has 4 aliphatic carbocycles. The number of rotatable bonds is 0. The van der Waals surface area contributed by atoms with E-state index in [1.54, 1.807) is 0 Å². The van der Waals surface area contributed by atoms with Gasteiger partial charge < -0.3 is 5.11 Å². The number of aliphatic hydroxyl groups excluding tert-OH is 1. The maximum atomic E-state index is 12.9. The second-order valence-corrected chi connectivity index (χ2v) is 8.84. The van der Waals surface area contributed by atoms with E-state index in [1.807, 2.05) is 0 Å². The van der Waals surface area contributed by atoms with Crippen molar-refractivity contribution in [2.45, 2.75) is 71.3 Å². The van der Waals surface area contributed by atoms with E-state index in [1.165, 1.54) is 0 Å². The van der Waals surface area contributed by atoms with Crippen molar-refractivity contribution >= 4 is 11.6 Å². The summed E-state index contributed by atoms with van der Waals surface area (Å²) < 4.78 is 0. The molecule has 3 heteroatoms. The Hall–Kier alpha value is -0.700. The summed E-state index contributed by atoms with van der Waals surface area (Å²) in [7, 11) is 0. The molecule has 0 aromatic carbocycles. The van der Waals surface area contributed by atoms with E-state index < -0.39 is 0 Å². The lowest BCUT2D eigenvalue weighted by Crippen LogP contribution is -2.60. The molecular weight excluding hydrogens is 276 g/mol. The fourth-order valence-corrected chi connectivity index (χ4v) is 6.76. The van der Waals surface area contributed by atoms with Crippen molar-refractivity contribution in [2.24, 2.45) is 34.5 Å². The van der Waals surface area contributed by atoms with Gasteiger partial charge in [0.25, 0.3) is 0 Å². The molecule has 0 aromatic rings. The predicted octanol–water partition coefficient (Wildman–Crippen LogP) is 3.14. The van der Waals surface area contributed by atoms with E-state index in [4.69, 9.17) is 0 Å². The third-order valence-corrected chi connectivity index (χ3v) is 8.23. The van der Waals surface area contributed by atoms with E-state index in [9.17, 15) is 14.7 Å². The third kappa shape index (κ3) is 1.67. The largest absolute Gasteiger partial charge is 0.393 e. The molecule has 0 aliphatic heterocycles. The first-order valence-corrected chi connectivity index (χ1v) is 9.13. The average Bonchev–Trinajstić information content (AvgIpc) is 2.78. The summed E-state index contributed by atoms with van der Waals surface area (Å²) in [4.78, 5) is 25.3. The first kappa shape index (κ1) is 14.9. The Morgan fingerprint density at radius 2 is 1.82 bits per heavy atom. The summed E-state index contributed by atoms with van der Waals surface area (Å²) in [5.74, 6) is 1.68. The molecule has 1 N–H and O–H groups in total. The normalized spacial score (nSPS) is 54.6. The predicted molar refractivity (Wildman–Crippen MR) is 83.1 cm³/mol. The molecule has 7 atom stereocenters. The van der Waals surface area contributed by atoms with Crippen LogP contribution in [0.4, 0.5) is 0 Å². The fourth-order valence-electron chi connectivity index (χ4n) is 6.76. The molecule has 0 saturated heterocycles. The van der Waals surface area contributed by atoms with Crippen molar-refractivity contribution in [1.29, 1.82) is 0 Å². The minimum absolute atomic E-state index is 0.0270. The van der Waals surface area contributed by atoms with E-state index in [0.717, 1.165) is 38.5 Å². The molecule has 0 aromatic heterocycles. The number of ketones is 2. The molecule has 3 nitrogen and oxygen atoms in total. The van der Waals surface area contributed by atoms with Crippen LogP contribution in [0.25, 0.3) is 0 Å². The van der Waals surface area contributed by atoms with Gasteiger partial charge >= 0.3 is 0 Å².